The highest BCUT2D eigenvalue weighted by Crippen LogP contribution is 2.27. The fourth-order valence-corrected chi connectivity index (χ4v) is 16.8. The first-order valence-electron chi connectivity index (χ1n) is 44.7. The molecule has 44 heteroatoms. The number of hydrogen-bond donors (Lipinski definition) is 19. The smallest absolute Gasteiger partial charge is 0.246 e. The molecule has 0 unspecified atom stereocenters. The van der Waals surface area contributed by atoms with Crippen LogP contribution in [-0.4, -0.2) is 314 Å². The molecular formula is C90H128N24O19S. The Morgan fingerprint density at radius 2 is 1.13 bits per heavy atom. The van der Waals surface area contributed by atoms with E-state index in [9.17, 15) is 62.6 Å². The molecule has 728 valence electrons. The first-order valence-corrected chi connectivity index (χ1v) is 45.9. The van der Waals surface area contributed by atoms with Gasteiger partial charge in [-0.1, -0.05) is 102 Å². The Morgan fingerprint density at radius 3 is 1.73 bits per heavy atom. The number of ether oxygens (including phenoxy) is 1. The van der Waals surface area contributed by atoms with Gasteiger partial charge in [0.05, 0.1) is 45.3 Å². The van der Waals surface area contributed by atoms with E-state index in [1.54, 1.807) is 99.0 Å². The molecule has 2 fully saturated rings. The highest BCUT2D eigenvalue weighted by molar-refractivity contribution is 8.00. The summed E-state index contributed by atoms with van der Waals surface area (Å²) in [6.45, 7) is 5.88. The van der Waals surface area contributed by atoms with Crippen LogP contribution in [0.5, 0.6) is 5.75 Å². The van der Waals surface area contributed by atoms with Crippen LogP contribution in [0.15, 0.2) is 97.7 Å². The number of methoxy groups -OCH3 is 1. The average Bonchev–Trinajstić information content (AvgIpc) is 1.61. The number of fused-ring (bicyclic) bond motifs is 3. The minimum atomic E-state index is -1.85. The molecule has 3 aromatic carbocycles. The molecule has 43 nitrogen and oxygen atoms in total. The van der Waals surface area contributed by atoms with Gasteiger partial charge >= 0.3 is 0 Å². The number of imidazole rings is 1. The van der Waals surface area contributed by atoms with Crippen molar-refractivity contribution in [3.05, 3.63) is 120 Å². The van der Waals surface area contributed by atoms with Crippen molar-refractivity contribution in [2.45, 2.75) is 216 Å². The molecule has 22 N–H and O–H groups in total. The SMILES string of the molecule is CCCC[C@H]1C(=O)N(C)[C@@H](CCCC)C(=O)N[C@@H](CCCNC(=N)N)C(=O)N[C@H](C(=O)NCC(N)=O)CSCC(=O)N[C@@H](Cc2cccc(OC)c2)C(=O)N(C)[C@@H](C)C(=O)N[C@@H](CC(N)=O)C(=O)N2CCC[C@H]2C(=O)N[C@@H](Cc2cnc[nH]2)C(=O)N[C@@H](CC(C)C)C(=O)N(C)CC(=O)N[C@@H](Cc2c[nH]c3ccccc23)C(=O)N[C@@H](CO)C(=O)N[C@@H](Cc2c[nH]c3ccccc23)C(=O)N1C. The van der Waals surface area contributed by atoms with Crippen molar-refractivity contribution in [2.75, 3.05) is 79.6 Å². The number of aliphatic hydroxyl groups is 1. The van der Waals surface area contributed by atoms with Gasteiger partial charge in [-0.2, -0.15) is 0 Å². The largest absolute Gasteiger partial charge is 0.497 e. The predicted molar refractivity (Wildman–Crippen MR) is 496 cm³/mol. The molecule has 5 heterocycles. The lowest BCUT2D eigenvalue weighted by Gasteiger charge is -2.36. The van der Waals surface area contributed by atoms with Crippen LogP contribution in [0.1, 0.15) is 134 Å². The number of primary amides is 2. The highest BCUT2D eigenvalue weighted by Gasteiger charge is 2.44. The lowest BCUT2D eigenvalue weighted by molar-refractivity contribution is -0.149. The number of nitrogens with one attached hydrogen (secondary N) is 15. The second-order valence-electron chi connectivity index (χ2n) is 34.0. The maximum atomic E-state index is 15.7. The first-order chi connectivity index (χ1) is 63.8. The zero-order valence-electron chi connectivity index (χ0n) is 77.2. The number of carbonyl (C=O) groups excluding carboxylic acids is 17. The number of nitrogens with two attached hydrogens (primary N) is 3. The summed E-state index contributed by atoms with van der Waals surface area (Å²) in [4.78, 5) is 268. The monoisotopic (exact) mass is 1880 g/mol. The van der Waals surface area contributed by atoms with Crippen LogP contribution in [-0.2, 0) is 107 Å². The maximum Gasteiger partial charge on any atom is 0.246 e. The number of aliphatic hydroxyl groups excluding tert-OH is 1. The first kappa shape index (κ1) is 106. The number of hydrogen-bond acceptors (Lipinski definition) is 22. The number of aromatic nitrogens is 4. The molecule has 0 bridgehead atoms. The average molecular weight is 1880 g/mol. The maximum absolute atomic E-state index is 15.7. The summed E-state index contributed by atoms with van der Waals surface area (Å²) in [5.41, 5.74) is 20.0. The molecule has 2 aliphatic heterocycles. The number of guanidine groups is 1. The van der Waals surface area contributed by atoms with Gasteiger partial charge in [0, 0.05) is 119 Å². The predicted octanol–water partition coefficient (Wildman–Crippen LogP) is -2.13. The number of amides is 17. The van der Waals surface area contributed by atoms with Gasteiger partial charge in [0.15, 0.2) is 5.96 Å². The Labute approximate surface area is 780 Å². The van der Waals surface area contributed by atoms with Gasteiger partial charge < -0.3 is 125 Å². The van der Waals surface area contributed by atoms with Gasteiger partial charge in [0.1, 0.15) is 84.3 Å². The Balaban J connectivity index is 1.19. The zero-order chi connectivity index (χ0) is 98.2. The second-order valence-corrected chi connectivity index (χ2v) is 35.1. The Hall–Kier alpha value is -13.7. The molecule has 6 aromatic rings. The third-order valence-corrected chi connectivity index (χ3v) is 24.5. The Bertz CT molecular complexity index is 5140. The van der Waals surface area contributed by atoms with Crippen LogP contribution in [0, 0.1) is 11.3 Å². The number of H-pyrrole nitrogens is 3. The topological polar surface area (TPSA) is 630 Å². The van der Waals surface area contributed by atoms with E-state index in [0.717, 1.165) is 36.3 Å². The van der Waals surface area contributed by atoms with Crippen molar-refractivity contribution >= 4 is 140 Å². The molecule has 3 aromatic heterocycles. The summed E-state index contributed by atoms with van der Waals surface area (Å²) < 4.78 is 5.45. The molecule has 134 heavy (non-hydrogen) atoms. The number of para-hydroxylation sites is 2. The van der Waals surface area contributed by atoms with Crippen LogP contribution in [0.4, 0.5) is 0 Å². The van der Waals surface area contributed by atoms with E-state index in [1.807, 2.05) is 13.8 Å². The summed E-state index contributed by atoms with van der Waals surface area (Å²) in [6.07, 6.45) is 5.84. The minimum Gasteiger partial charge on any atom is -0.497 e. The number of aromatic amines is 3. The number of carbonyl (C=O) groups is 17. The van der Waals surface area contributed by atoms with Crippen molar-refractivity contribution < 1.29 is 91.4 Å². The van der Waals surface area contributed by atoms with E-state index >= 15 is 24.0 Å². The van der Waals surface area contributed by atoms with Crippen molar-refractivity contribution in [3.63, 3.8) is 0 Å². The molecule has 17 amide bonds. The lowest BCUT2D eigenvalue weighted by atomic mass is 10.00. The van der Waals surface area contributed by atoms with E-state index in [-0.39, 0.29) is 89.6 Å². The summed E-state index contributed by atoms with van der Waals surface area (Å²) in [7, 11) is 6.64. The number of benzene rings is 3. The summed E-state index contributed by atoms with van der Waals surface area (Å²) in [5.74, 6) is -17.0. The van der Waals surface area contributed by atoms with Crippen LogP contribution in [0.25, 0.3) is 21.8 Å². The van der Waals surface area contributed by atoms with Gasteiger partial charge in [0.2, 0.25) is 100 Å². The normalized spacial score (nSPS) is 23.3. The van der Waals surface area contributed by atoms with Crippen LogP contribution >= 0.6 is 11.8 Å². The van der Waals surface area contributed by atoms with Gasteiger partial charge in [-0.15, -0.1) is 11.8 Å². The van der Waals surface area contributed by atoms with Gasteiger partial charge in [-0.05, 0) is 98.7 Å². The van der Waals surface area contributed by atoms with E-state index in [2.05, 4.69) is 78.4 Å². The van der Waals surface area contributed by atoms with Crippen molar-refractivity contribution in [1.82, 2.24) is 103 Å². The van der Waals surface area contributed by atoms with Gasteiger partial charge in [0.25, 0.3) is 0 Å². The number of thioether (sulfide) groups is 1. The van der Waals surface area contributed by atoms with Crippen LogP contribution in [0.3, 0.4) is 0 Å². The van der Waals surface area contributed by atoms with E-state index in [4.69, 9.17) is 27.3 Å². The Kier molecular flexibility index (Phi) is 40.5. The molecule has 0 radical (unpaired) electrons. The standard InChI is InChI=1S/C90H128N24O19S/c1-11-13-29-70-83(126)103-61(28-20-32-96-90(93)94)79(122)109-69(78(121)99-44-74(92)117)47-134-48-76(119)102-65(36-52-22-19-23-56(35-52)133-10)86(129)111(7)51(5)77(120)105-67(40-73(91)116)88(131)114-33-21-31-71(114)84(127)104-63(39-55-43-95-49-100-55)81(124)106-64(34-50(3)4)85(128)110(6)45-75(118)101-62(37-53-41-97-59-26-17-15-24-57(53)59)80(123)108-68(46-115)82(125)107-66(38-54-42-98-60-27-18-16-25-58(54)60)87(130)113(9)72(30-14-12-2)89(132)112(70)8/h15-19,22-27,35,41-43,49-51,61-72,97-98,115H,11-14,20-21,28-34,36-40,44-48H2,1-10H3,(H2,91,116)(H2,92,117)(H,95,100)(H,99,121)(H,101,118)(H,102,119)(H,103,126)(H,104,127)(H,105,120)(H,106,124)(H,107,125)(H,108,123)(H,109,122)(H4,93,94,96)/t51-,61-,62-,63-,64-,65-,66-,67-,68-,69-,70-,71-,72-/m0/s1. The molecule has 2 aliphatic rings. The number of unbranched alkanes of at least 4 members (excludes halogenated alkanes) is 2. The fourth-order valence-electron chi connectivity index (χ4n) is 16.0. The van der Waals surface area contributed by atoms with Crippen molar-refractivity contribution in [1.29, 1.82) is 5.41 Å². The molecule has 13 atom stereocenters. The van der Waals surface area contributed by atoms with E-state index < -0.39 is 223 Å². The number of rotatable bonds is 27. The number of likely N-dealkylation sites (N-methyl/N-ethyl adjacent to an activating group) is 4. The molecule has 0 aliphatic carbocycles. The molecular weight excluding hydrogens is 1750 g/mol. The molecule has 2 saturated heterocycles. The van der Waals surface area contributed by atoms with E-state index in [1.165, 1.54) is 54.7 Å². The molecule has 0 spiro atoms. The van der Waals surface area contributed by atoms with Gasteiger partial charge in [-0.3, -0.25) is 86.9 Å². The van der Waals surface area contributed by atoms with Crippen LogP contribution < -0.4 is 80.4 Å². The lowest BCUT2D eigenvalue weighted by Crippen LogP contribution is -2.61. The summed E-state index contributed by atoms with van der Waals surface area (Å²) in [6, 6.07) is 0.768. The molecule has 0 saturated carbocycles. The fraction of sp³-hybridized carbons (Fsp3) is 0.522. The highest BCUT2D eigenvalue weighted by atomic mass is 32.2. The van der Waals surface area contributed by atoms with E-state index in [0.29, 0.717) is 75.6 Å². The summed E-state index contributed by atoms with van der Waals surface area (Å²) >= 11 is 0.781. The van der Waals surface area contributed by atoms with Gasteiger partial charge in [-0.25, -0.2) is 4.98 Å². The van der Waals surface area contributed by atoms with Crippen molar-refractivity contribution in [2.24, 2.45) is 23.1 Å². The number of nitrogens with zero attached hydrogens (tertiary/aromatic N) is 6. The summed E-state index contributed by atoms with van der Waals surface area (Å²) in [5, 5.41) is 49.4. The third-order valence-electron chi connectivity index (χ3n) is 23.4. The Morgan fingerprint density at radius 1 is 0.567 bits per heavy atom. The zero-order valence-corrected chi connectivity index (χ0v) is 78.0. The quantitative estimate of drug-likeness (QED) is 0.0149. The minimum absolute atomic E-state index is 0.00246. The molecule has 8 rings (SSSR count). The van der Waals surface area contributed by atoms with Crippen LogP contribution in [0.2, 0.25) is 0 Å². The van der Waals surface area contributed by atoms with Crippen molar-refractivity contribution in [3.8, 4) is 5.75 Å². The second kappa shape index (κ2) is 51.4. The third kappa shape index (κ3) is 30.4.